The average molecular weight is 277 g/mol. The third-order valence-corrected chi connectivity index (χ3v) is 3.23. The largest absolute Gasteiger partial charge is 0.481 e. The van der Waals surface area contributed by atoms with E-state index in [1.54, 1.807) is 0 Å². The fraction of sp³-hybridized carbons (Fsp3) is 0.875. The molecule has 0 rings (SSSR count). The van der Waals surface area contributed by atoms with Crippen molar-refractivity contribution in [3.63, 3.8) is 0 Å². The quantitative estimate of drug-likeness (QED) is 0.651. The van der Waals surface area contributed by atoms with E-state index >= 15 is 0 Å². The standard InChI is InChI=1S/C8H14F3NO4S/c9-8(10,11)4-2-5-12-17(15,16)6-1-3-7(13)14/h12H,1-6H2,(H,13,14). The maximum atomic E-state index is 11.7. The molecule has 0 amide bonds. The molecule has 0 bridgehead atoms. The highest BCUT2D eigenvalue weighted by molar-refractivity contribution is 7.89. The number of hydrogen-bond donors (Lipinski definition) is 2. The summed E-state index contributed by atoms with van der Waals surface area (Å²) in [6.07, 6.45) is -6.03. The molecule has 9 heteroatoms. The van der Waals surface area contributed by atoms with Gasteiger partial charge in [-0.25, -0.2) is 13.1 Å². The zero-order valence-corrected chi connectivity index (χ0v) is 9.77. The van der Waals surface area contributed by atoms with Gasteiger partial charge in [-0.05, 0) is 12.8 Å². The summed E-state index contributed by atoms with van der Waals surface area (Å²) in [6, 6.07) is 0. The van der Waals surface area contributed by atoms with Gasteiger partial charge in [0.2, 0.25) is 10.0 Å². The second-order valence-corrected chi connectivity index (χ2v) is 5.36. The predicted molar refractivity (Wildman–Crippen MR) is 53.9 cm³/mol. The highest BCUT2D eigenvalue weighted by atomic mass is 32.2. The maximum absolute atomic E-state index is 11.7. The Labute approximate surface area is 97.1 Å². The Hall–Kier alpha value is -0.830. The molecule has 2 N–H and O–H groups in total. The summed E-state index contributed by atoms with van der Waals surface area (Å²) in [5.41, 5.74) is 0. The molecule has 0 saturated heterocycles. The Morgan fingerprint density at radius 2 is 1.82 bits per heavy atom. The van der Waals surface area contributed by atoms with Crippen LogP contribution in [0.5, 0.6) is 0 Å². The van der Waals surface area contributed by atoms with Gasteiger partial charge in [-0.1, -0.05) is 0 Å². The van der Waals surface area contributed by atoms with Crippen LogP contribution in [-0.2, 0) is 14.8 Å². The zero-order valence-electron chi connectivity index (χ0n) is 8.96. The van der Waals surface area contributed by atoms with Crippen LogP contribution in [0.15, 0.2) is 0 Å². The number of carboxylic acid groups (broad SMARTS) is 1. The molecule has 0 saturated carbocycles. The van der Waals surface area contributed by atoms with Crippen molar-refractivity contribution >= 4 is 16.0 Å². The number of aliphatic carboxylic acids is 1. The summed E-state index contributed by atoms with van der Waals surface area (Å²) < 4.78 is 59.5. The van der Waals surface area contributed by atoms with E-state index in [0.29, 0.717) is 0 Å². The van der Waals surface area contributed by atoms with E-state index in [-0.39, 0.29) is 25.8 Å². The maximum Gasteiger partial charge on any atom is 0.389 e. The molecular formula is C8H14F3NO4S. The van der Waals surface area contributed by atoms with Crippen LogP contribution in [0.4, 0.5) is 13.2 Å². The molecule has 5 nitrogen and oxygen atoms in total. The highest BCUT2D eigenvalue weighted by Crippen LogP contribution is 2.20. The lowest BCUT2D eigenvalue weighted by atomic mass is 10.3. The van der Waals surface area contributed by atoms with E-state index in [9.17, 15) is 26.4 Å². The van der Waals surface area contributed by atoms with Crippen molar-refractivity contribution in [1.82, 2.24) is 4.72 Å². The van der Waals surface area contributed by atoms with Crippen LogP contribution in [0.25, 0.3) is 0 Å². The van der Waals surface area contributed by atoms with E-state index in [0.717, 1.165) is 0 Å². The first kappa shape index (κ1) is 16.2. The Morgan fingerprint density at radius 3 is 2.29 bits per heavy atom. The van der Waals surface area contributed by atoms with Gasteiger partial charge in [0.25, 0.3) is 0 Å². The molecule has 0 radical (unpaired) electrons. The van der Waals surface area contributed by atoms with E-state index in [2.05, 4.69) is 0 Å². The minimum absolute atomic E-state index is 0.0655. The van der Waals surface area contributed by atoms with Crippen LogP contribution < -0.4 is 4.72 Å². The minimum atomic E-state index is -4.30. The first-order valence-corrected chi connectivity index (χ1v) is 6.53. The van der Waals surface area contributed by atoms with Crippen molar-refractivity contribution < 1.29 is 31.5 Å². The fourth-order valence-electron chi connectivity index (χ4n) is 1.00. The van der Waals surface area contributed by atoms with Gasteiger partial charge >= 0.3 is 12.1 Å². The third-order valence-electron chi connectivity index (χ3n) is 1.76. The van der Waals surface area contributed by atoms with Gasteiger partial charge in [0.05, 0.1) is 5.75 Å². The summed E-state index contributed by atoms with van der Waals surface area (Å²) >= 11 is 0. The molecular weight excluding hydrogens is 263 g/mol. The van der Waals surface area contributed by atoms with Gasteiger partial charge in [0.15, 0.2) is 0 Å². The van der Waals surface area contributed by atoms with Crippen molar-refractivity contribution in [1.29, 1.82) is 0 Å². The summed E-state index contributed by atoms with van der Waals surface area (Å²) in [7, 11) is -3.68. The predicted octanol–water partition coefficient (Wildman–Crippen LogP) is 1.11. The second-order valence-electron chi connectivity index (χ2n) is 3.43. The molecule has 0 aliphatic rings. The number of hydrogen-bond acceptors (Lipinski definition) is 3. The van der Waals surface area contributed by atoms with Crippen LogP contribution in [-0.4, -0.2) is 38.0 Å². The molecule has 0 aliphatic carbocycles. The first-order valence-electron chi connectivity index (χ1n) is 4.88. The Balaban J connectivity index is 3.75. The molecule has 0 aromatic heterocycles. The van der Waals surface area contributed by atoms with Gasteiger partial charge < -0.3 is 5.11 Å². The average Bonchev–Trinajstić information content (AvgIpc) is 2.10. The molecule has 102 valence electrons. The molecule has 0 aromatic rings. The molecule has 0 spiro atoms. The summed E-state index contributed by atoms with van der Waals surface area (Å²) in [6.45, 7) is -0.297. The van der Waals surface area contributed by atoms with E-state index in [1.807, 2.05) is 4.72 Å². The lowest BCUT2D eigenvalue weighted by molar-refractivity contribution is -0.137. The summed E-state index contributed by atoms with van der Waals surface area (Å²) in [4.78, 5) is 10.1. The Morgan fingerprint density at radius 1 is 1.24 bits per heavy atom. The summed E-state index contributed by atoms with van der Waals surface area (Å²) in [5.74, 6) is -1.51. The molecule has 0 heterocycles. The molecule has 0 atom stereocenters. The number of carbonyl (C=O) groups is 1. The van der Waals surface area contributed by atoms with Crippen molar-refractivity contribution in [2.75, 3.05) is 12.3 Å². The number of alkyl halides is 3. The SMILES string of the molecule is O=C(O)CCCS(=O)(=O)NCCCC(F)(F)F. The van der Waals surface area contributed by atoms with Crippen LogP contribution in [0, 0.1) is 0 Å². The van der Waals surface area contributed by atoms with Crippen LogP contribution in [0.3, 0.4) is 0 Å². The molecule has 0 unspecified atom stereocenters. The van der Waals surface area contributed by atoms with E-state index in [1.165, 1.54) is 0 Å². The van der Waals surface area contributed by atoms with Gasteiger partial charge in [-0.3, -0.25) is 4.79 Å². The zero-order chi connectivity index (χ0) is 13.5. The number of sulfonamides is 1. The topological polar surface area (TPSA) is 83.5 Å². The molecule has 0 aromatic carbocycles. The fourth-order valence-corrected chi connectivity index (χ4v) is 2.13. The number of carboxylic acids is 1. The van der Waals surface area contributed by atoms with Crippen molar-refractivity contribution in [2.24, 2.45) is 0 Å². The monoisotopic (exact) mass is 277 g/mol. The van der Waals surface area contributed by atoms with Crippen molar-refractivity contribution in [3.8, 4) is 0 Å². The third kappa shape index (κ3) is 11.4. The molecule has 0 fully saturated rings. The minimum Gasteiger partial charge on any atom is -0.481 e. The molecule has 17 heavy (non-hydrogen) atoms. The highest BCUT2D eigenvalue weighted by Gasteiger charge is 2.26. The smallest absolute Gasteiger partial charge is 0.389 e. The number of nitrogens with one attached hydrogen (secondary N) is 1. The van der Waals surface area contributed by atoms with Crippen LogP contribution in [0.1, 0.15) is 25.7 Å². The lowest BCUT2D eigenvalue weighted by Gasteiger charge is -2.07. The van der Waals surface area contributed by atoms with Gasteiger partial charge in [0.1, 0.15) is 0 Å². The lowest BCUT2D eigenvalue weighted by Crippen LogP contribution is -2.28. The van der Waals surface area contributed by atoms with E-state index < -0.39 is 34.3 Å². The first-order chi connectivity index (χ1) is 7.62. The van der Waals surface area contributed by atoms with Crippen LogP contribution in [0.2, 0.25) is 0 Å². The normalized spacial score (nSPS) is 12.6. The Bertz CT molecular complexity index is 339. The van der Waals surface area contributed by atoms with Gasteiger partial charge in [-0.2, -0.15) is 13.2 Å². The van der Waals surface area contributed by atoms with Crippen LogP contribution >= 0.6 is 0 Å². The molecule has 0 aliphatic heterocycles. The second kappa shape index (κ2) is 6.80. The van der Waals surface area contributed by atoms with Gasteiger partial charge in [-0.15, -0.1) is 0 Å². The van der Waals surface area contributed by atoms with Crippen molar-refractivity contribution in [3.05, 3.63) is 0 Å². The Kier molecular flexibility index (Phi) is 6.46. The van der Waals surface area contributed by atoms with E-state index in [4.69, 9.17) is 5.11 Å². The van der Waals surface area contributed by atoms with Crippen molar-refractivity contribution in [2.45, 2.75) is 31.9 Å². The summed E-state index contributed by atoms with van der Waals surface area (Å²) in [5, 5.41) is 8.27. The van der Waals surface area contributed by atoms with Gasteiger partial charge in [0, 0.05) is 19.4 Å². The number of rotatable bonds is 8. The number of halogens is 3.